The third-order valence-electron chi connectivity index (χ3n) is 5.56. The van der Waals surface area contributed by atoms with E-state index < -0.39 is 0 Å². The van der Waals surface area contributed by atoms with Crippen LogP contribution in [-0.2, 0) is 4.79 Å². The van der Waals surface area contributed by atoms with Crippen molar-refractivity contribution in [1.82, 2.24) is 15.1 Å². The summed E-state index contributed by atoms with van der Waals surface area (Å²) in [5, 5.41) is 3.06. The van der Waals surface area contributed by atoms with Crippen LogP contribution in [0.2, 0.25) is 0 Å². The second-order valence-corrected chi connectivity index (χ2v) is 7.02. The average molecular weight is 307 g/mol. The molecule has 22 heavy (non-hydrogen) atoms. The molecule has 1 N–H and O–H groups in total. The summed E-state index contributed by atoms with van der Waals surface area (Å²) in [7, 11) is 0. The van der Waals surface area contributed by atoms with Crippen molar-refractivity contribution in [3.8, 4) is 0 Å². The van der Waals surface area contributed by atoms with Crippen molar-refractivity contribution in [2.45, 2.75) is 63.8 Å². The lowest BCUT2D eigenvalue weighted by molar-refractivity contribution is -0.133. The Bertz CT molecular complexity index is 409. The molecule has 0 unspecified atom stereocenters. The van der Waals surface area contributed by atoms with Crippen molar-refractivity contribution in [2.75, 3.05) is 26.2 Å². The fraction of sp³-hybridized carbons (Fsp3) is 0.882. The number of nitrogens with zero attached hydrogens (tertiary/aromatic N) is 2. The number of hydrogen-bond donors (Lipinski definition) is 1. The molecule has 5 nitrogen and oxygen atoms in total. The summed E-state index contributed by atoms with van der Waals surface area (Å²) >= 11 is 0. The van der Waals surface area contributed by atoms with Crippen molar-refractivity contribution >= 4 is 11.9 Å². The zero-order valence-electron chi connectivity index (χ0n) is 13.6. The highest BCUT2D eigenvalue weighted by Gasteiger charge is 2.37. The highest BCUT2D eigenvalue weighted by Crippen LogP contribution is 2.37. The molecule has 0 spiro atoms. The lowest BCUT2D eigenvalue weighted by Gasteiger charge is -2.37. The van der Waals surface area contributed by atoms with Gasteiger partial charge in [-0.15, -0.1) is 0 Å². The highest BCUT2D eigenvalue weighted by atomic mass is 16.2. The fourth-order valence-corrected chi connectivity index (χ4v) is 4.02. The molecule has 124 valence electrons. The number of amides is 3. The summed E-state index contributed by atoms with van der Waals surface area (Å²) in [6.45, 7) is 3.27. The van der Waals surface area contributed by atoms with Gasteiger partial charge in [0, 0.05) is 38.6 Å². The van der Waals surface area contributed by atoms with Crippen LogP contribution in [0.25, 0.3) is 0 Å². The van der Waals surface area contributed by atoms with Crippen LogP contribution in [-0.4, -0.2) is 54.0 Å². The lowest BCUT2D eigenvalue weighted by Crippen LogP contribution is -2.47. The Morgan fingerprint density at radius 2 is 1.95 bits per heavy atom. The Morgan fingerprint density at radius 3 is 2.68 bits per heavy atom. The molecule has 0 radical (unpaired) electrons. The van der Waals surface area contributed by atoms with Gasteiger partial charge in [-0.05, 0) is 50.9 Å². The molecular weight excluding hydrogens is 278 g/mol. The number of likely N-dealkylation sites (tertiary alicyclic amines) is 2. The van der Waals surface area contributed by atoms with Crippen LogP contribution in [0.5, 0.6) is 0 Å². The lowest BCUT2D eigenvalue weighted by atomic mass is 9.79. The quantitative estimate of drug-likeness (QED) is 0.793. The Labute approximate surface area is 133 Å². The molecular formula is C17H29N3O2. The third-order valence-corrected chi connectivity index (χ3v) is 5.56. The molecule has 5 heteroatoms. The van der Waals surface area contributed by atoms with Crippen LogP contribution in [0.15, 0.2) is 0 Å². The molecule has 1 atom stereocenters. The summed E-state index contributed by atoms with van der Waals surface area (Å²) in [5.74, 6) is 1.03. The van der Waals surface area contributed by atoms with Gasteiger partial charge in [0.2, 0.25) is 5.91 Å². The van der Waals surface area contributed by atoms with E-state index in [0.717, 1.165) is 51.2 Å². The molecule has 2 saturated heterocycles. The van der Waals surface area contributed by atoms with E-state index in [1.807, 2.05) is 4.90 Å². The number of nitrogens with one attached hydrogen (secondary N) is 1. The van der Waals surface area contributed by atoms with Crippen LogP contribution < -0.4 is 5.32 Å². The number of carbonyl (C=O) groups excluding carboxylic acids is 2. The highest BCUT2D eigenvalue weighted by molar-refractivity contribution is 5.77. The second-order valence-electron chi connectivity index (χ2n) is 7.02. The van der Waals surface area contributed by atoms with Gasteiger partial charge in [0.15, 0.2) is 0 Å². The molecule has 0 aromatic rings. The van der Waals surface area contributed by atoms with E-state index in [1.165, 1.54) is 25.7 Å². The number of piperidine rings is 1. The Morgan fingerprint density at radius 1 is 1.09 bits per heavy atom. The van der Waals surface area contributed by atoms with Crippen LogP contribution in [0, 0.1) is 5.92 Å². The third kappa shape index (κ3) is 3.55. The van der Waals surface area contributed by atoms with Gasteiger partial charge < -0.3 is 15.1 Å². The molecule has 1 saturated carbocycles. The standard InChI is InChI=1S/C17H29N3O2/c21-16-9-1-2-11-19(16)12-5-10-18-17(22)20-13-4-8-15(20)14-6-3-7-14/h14-15H,1-13H2,(H,18,22)/t15-/m1/s1. The van der Waals surface area contributed by atoms with E-state index in [9.17, 15) is 9.59 Å². The van der Waals surface area contributed by atoms with Crippen molar-refractivity contribution in [2.24, 2.45) is 5.92 Å². The largest absolute Gasteiger partial charge is 0.343 e. The minimum absolute atomic E-state index is 0.111. The van der Waals surface area contributed by atoms with Crippen molar-refractivity contribution in [1.29, 1.82) is 0 Å². The molecule has 0 aromatic heterocycles. The fourth-order valence-electron chi connectivity index (χ4n) is 4.02. The van der Waals surface area contributed by atoms with Crippen LogP contribution in [0.1, 0.15) is 57.8 Å². The number of hydrogen-bond acceptors (Lipinski definition) is 2. The molecule has 3 amide bonds. The van der Waals surface area contributed by atoms with Gasteiger partial charge in [-0.1, -0.05) is 6.42 Å². The van der Waals surface area contributed by atoms with Gasteiger partial charge in [-0.3, -0.25) is 4.79 Å². The van der Waals surface area contributed by atoms with Crippen LogP contribution in [0.4, 0.5) is 4.79 Å². The first kappa shape index (κ1) is 15.6. The minimum Gasteiger partial charge on any atom is -0.343 e. The van der Waals surface area contributed by atoms with Crippen molar-refractivity contribution in [3.05, 3.63) is 0 Å². The first-order chi connectivity index (χ1) is 10.8. The number of urea groups is 1. The maximum atomic E-state index is 12.3. The van der Waals surface area contributed by atoms with E-state index >= 15 is 0 Å². The molecule has 3 fully saturated rings. The maximum absolute atomic E-state index is 12.3. The smallest absolute Gasteiger partial charge is 0.317 e. The van der Waals surface area contributed by atoms with Crippen LogP contribution in [0.3, 0.4) is 0 Å². The van der Waals surface area contributed by atoms with E-state index in [-0.39, 0.29) is 11.9 Å². The molecule has 3 rings (SSSR count). The van der Waals surface area contributed by atoms with Crippen molar-refractivity contribution in [3.63, 3.8) is 0 Å². The Hall–Kier alpha value is -1.26. The summed E-state index contributed by atoms with van der Waals surface area (Å²) in [6.07, 6.45) is 9.97. The van der Waals surface area contributed by atoms with E-state index in [2.05, 4.69) is 10.2 Å². The maximum Gasteiger partial charge on any atom is 0.317 e. The SMILES string of the molecule is O=C1CCCCN1CCCNC(=O)N1CCC[C@@H]1C1CCC1. The predicted octanol–water partition coefficient (Wildman–Crippen LogP) is 2.36. The number of carbonyl (C=O) groups is 2. The zero-order chi connectivity index (χ0) is 15.4. The Kier molecular flexibility index (Phi) is 5.21. The van der Waals surface area contributed by atoms with Gasteiger partial charge in [0.25, 0.3) is 0 Å². The van der Waals surface area contributed by atoms with Gasteiger partial charge in [0.05, 0.1) is 0 Å². The first-order valence-corrected chi connectivity index (χ1v) is 9.08. The average Bonchev–Trinajstić information content (AvgIpc) is 2.92. The minimum atomic E-state index is 0.111. The molecule has 0 bridgehead atoms. The second kappa shape index (κ2) is 7.34. The Balaban J connectivity index is 1.36. The molecule has 2 heterocycles. The predicted molar refractivity (Wildman–Crippen MR) is 85.5 cm³/mol. The van der Waals surface area contributed by atoms with E-state index in [0.29, 0.717) is 19.0 Å². The molecule has 1 aliphatic carbocycles. The first-order valence-electron chi connectivity index (χ1n) is 9.08. The topological polar surface area (TPSA) is 52.7 Å². The summed E-state index contributed by atoms with van der Waals surface area (Å²) in [6, 6.07) is 0.594. The monoisotopic (exact) mass is 307 g/mol. The molecule has 3 aliphatic rings. The van der Waals surface area contributed by atoms with Gasteiger partial charge in [-0.25, -0.2) is 4.79 Å². The summed E-state index contributed by atoms with van der Waals surface area (Å²) < 4.78 is 0. The summed E-state index contributed by atoms with van der Waals surface area (Å²) in [4.78, 5) is 28.1. The molecule has 2 aliphatic heterocycles. The van der Waals surface area contributed by atoms with Gasteiger partial charge in [0.1, 0.15) is 0 Å². The van der Waals surface area contributed by atoms with E-state index in [1.54, 1.807) is 0 Å². The van der Waals surface area contributed by atoms with Gasteiger partial charge in [-0.2, -0.15) is 0 Å². The van der Waals surface area contributed by atoms with E-state index in [4.69, 9.17) is 0 Å². The zero-order valence-corrected chi connectivity index (χ0v) is 13.6. The molecule has 0 aromatic carbocycles. The van der Waals surface area contributed by atoms with Crippen molar-refractivity contribution < 1.29 is 9.59 Å². The summed E-state index contributed by atoms with van der Waals surface area (Å²) in [5.41, 5.74) is 0. The number of rotatable bonds is 5. The van der Waals surface area contributed by atoms with Crippen LogP contribution >= 0.6 is 0 Å². The normalized spacial score (nSPS) is 26.2. The van der Waals surface area contributed by atoms with Gasteiger partial charge >= 0.3 is 6.03 Å².